The summed E-state index contributed by atoms with van der Waals surface area (Å²) in [5.41, 5.74) is 0.807. The van der Waals surface area contributed by atoms with Crippen molar-refractivity contribution in [3.8, 4) is 5.75 Å². The number of hydrogen-bond donors (Lipinski definition) is 1. The van der Waals surface area contributed by atoms with Crippen molar-refractivity contribution in [3.63, 3.8) is 0 Å². The van der Waals surface area contributed by atoms with Crippen LogP contribution >= 0.6 is 27.3 Å². The van der Waals surface area contributed by atoms with E-state index in [9.17, 15) is 5.11 Å². The highest BCUT2D eigenvalue weighted by Gasteiger charge is 2.10. The van der Waals surface area contributed by atoms with E-state index in [0.29, 0.717) is 6.61 Å². The van der Waals surface area contributed by atoms with Crippen molar-refractivity contribution in [3.05, 3.63) is 50.1 Å². The summed E-state index contributed by atoms with van der Waals surface area (Å²) >= 11 is 5.18. The third-order valence-electron chi connectivity index (χ3n) is 2.86. The Hall–Kier alpha value is -0.840. The first-order valence-corrected chi connectivity index (χ1v) is 7.89. The first-order chi connectivity index (χ1) is 9.10. The molecular formula is C15H17BrO2S. The molecular weight excluding hydrogens is 324 g/mol. The Labute approximate surface area is 126 Å². The summed E-state index contributed by atoms with van der Waals surface area (Å²) < 4.78 is 6.77. The Bertz CT molecular complexity index is 549. The molecule has 0 saturated carbocycles. The molecule has 0 radical (unpaired) electrons. The van der Waals surface area contributed by atoms with Gasteiger partial charge in [0.15, 0.2) is 0 Å². The molecule has 2 aromatic rings. The molecule has 0 spiro atoms. The van der Waals surface area contributed by atoms with Crippen molar-refractivity contribution in [1.29, 1.82) is 0 Å². The second kappa shape index (κ2) is 6.55. The van der Waals surface area contributed by atoms with Crippen LogP contribution in [0, 0.1) is 0 Å². The van der Waals surface area contributed by atoms with Crippen molar-refractivity contribution in [1.82, 2.24) is 0 Å². The smallest absolute Gasteiger partial charge is 0.125 e. The summed E-state index contributed by atoms with van der Waals surface area (Å²) in [5, 5.41) is 9.77. The Balaban J connectivity index is 2.10. The molecule has 0 saturated heterocycles. The Morgan fingerprint density at radius 1 is 1.26 bits per heavy atom. The summed E-state index contributed by atoms with van der Waals surface area (Å²) in [6.07, 6.45) is 0.518. The van der Waals surface area contributed by atoms with Crippen LogP contribution in [0.4, 0.5) is 0 Å². The molecule has 1 heterocycles. The summed E-state index contributed by atoms with van der Waals surface area (Å²) in [6.45, 7) is 4.44. The SMILES string of the molecule is CCc1ccc(COc2ccc(Br)cc2C(C)O)s1. The second-order valence-corrected chi connectivity index (χ2v) is 6.54. The van der Waals surface area contributed by atoms with E-state index < -0.39 is 6.10 Å². The van der Waals surface area contributed by atoms with Gasteiger partial charge in [-0.05, 0) is 43.7 Å². The lowest BCUT2D eigenvalue weighted by Crippen LogP contribution is -2.00. The zero-order valence-corrected chi connectivity index (χ0v) is 13.4. The van der Waals surface area contributed by atoms with Gasteiger partial charge in [-0.2, -0.15) is 0 Å². The zero-order valence-electron chi connectivity index (χ0n) is 11.0. The van der Waals surface area contributed by atoms with Crippen LogP contribution in [-0.4, -0.2) is 5.11 Å². The first kappa shape index (κ1) is 14.6. The van der Waals surface area contributed by atoms with Crippen LogP contribution < -0.4 is 4.74 Å². The van der Waals surface area contributed by atoms with Crippen LogP contribution in [0.2, 0.25) is 0 Å². The molecule has 1 aromatic carbocycles. The van der Waals surface area contributed by atoms with Gasteiger partial charge >= 0.3 is 0 Å². The number of halogens is 1. The highest BCUT2D eigenvalue weighted by molar-refractivity contribution is 9.10. The normalized spacial score (nSPS) is 12.4. The van der Waals surface area contributed by atoms with Gasteiger partial charge in [-0.3, -0.25) is 0 Å². The molecule has 1 aromatic heterocycles. The molecule has 1 unspecified atom stereocenters. The molecule has 0 aliphatic rings. The fourth-order valence-corrected chi connectivity index (χ4v) is 3.07. The van der Waals surface area contributed by atoms with Crippen LogP contribution in [0.5, 0.6) is 5.75 Å². The van der Waals surface area contributed by atoms with Crippen LogP contribution in [0.25, 0.3) is 0 Å². The highest BCUT2D eigenvalue weighted by atomic mass is 79.9. The van der Waals surface area contributed by atoms with Gasteiger partial charge in [-0.25, -0.2) is 0 Å². The van der Waals surface area contributed by atoms with Crippen molar-refractivity contribution in [2.24, 2.45) is 0 Å². The van der Waals surface area contributed by atoms with E-state index in [2.05, 4.69) is 35.0 Å². The fraction of sp³-hybridized carbons (Fsp3) is 0.333. The number of aliphatic hydroxyl groups is 1. The minimum Gasteiger partial charge on any atom is -0.488 e. The molecule has 0 amide bonds. The maximum atomic E-state index is 9.77. The lowest BCUT2D eigenvalue weighted by molar-refractivity contribution is 0.190. The molecule has 4 heteroatoms. The van der Waals surface area contributed by atoms with Crippen LogP contribution in [0.3, 0.4) is 0 Å². The van der Waals surface area contributed by atoms with Gasteiger partial charge in [0.2, 0.25) is 0 Å². The summed E-state index contributed by atoms with van der Waals surface area (Å²) in [4.78, 5) is 2.57. The van der Waals surface area contributed by atoms with E-state index in [1.165, 1.54) is 9.75 Å². The molecule has 2 nitrogen and oxygen atoms in total. The Kier molecular flexibility index (Phi) is 5.02. The third-order valence-corrected chi connectivity index (χ3v) is 4.55. The predicted molar refractivity (Wildman–Crippen MR) is 82.8 cm³/mol. The molecule has 102 valence electrons. The fourth-order valence-electron chi connectivity index (χ4n) is 1.82. The summed E-state index contributed by atoms with van der Waals surface area (Å²) in [6, 6.07) is 9.95. The number of aryl methyl sites for hydroxylation is 1. The van der Waals surface area contributed by atoms with Crippen molar-refractivity contribution in [2.45, 2.75) is 33.0 Å². The maximum Gasteiger partial charge on any atom is 0.125 e. The topological polar surface area (TPSA) is 29.5 Å². The third kappa shape index (κ3) is 3.81. The molecule has 0 aliphatic carbocycles. The van der Waals surface area contributed by atoms with E-state index in [0.717, 1.165) is 22.2 Å². The monoisotopic (exact) mass is 340 g/mol. The predicted octanol–water partition coefficient (Wildman–Crippen LogP) is 4.71. The van der Waals surface area contributed by atoms with Gasteiger partial charge < -0.3 is 9.84 Å². The average Bonchev–Trinajstić information content (AvgIpc) is 2.85. The van der Waals surface area contributed by atoms with Gasteiger partial charge in [-0.1, -0.05) is 22.9 Å². The van der Waals surface area contributed by atoms with E-state index in [1.54, 1.807) is 18.3 Å². The molecule has 19 heavy (non-hydrogen) atoms. The van der Waals surface area contributed by atoms with E-state index in [1.807, 2.05) is 18.2 Å². The van der Waals surface area contributed by atoms with Crippen LogP contribution in [-0.2, 0) is 13.0 Å². The van der Waals surface area contributed by atoms with Gasteiger partial charge in [0.1, 0.15) is 12.4 Å². The molecule has 1 N–H and O–H groups in total. The zero-order chi connectivity index (χ0) is 13.8. The molecule has 0 aliphatic heterocycles. The molecule has 2 rings (SSSR count). The van der Waals surface area contributed by atoms with E-state index >= 15 is 0 Å². The van der Waals surface area contributed by atoms with Crippen LogP contribution in [0.1, 0.15) is 35.3 Å². The number of ether oxygens (including phenoxy) is 1. The minimum absolute atomic E-state index is 0.540. The average molecular weight is 341 g/mol. The summed E-state index contributed by atoms with van der Waals surface area (Å²) in [5.74, 6) is 0.740. The van der Waals surface area contributed by atoms with Crippen molar-refractivity contribution >= 4 is 27.3 Å². The first-order valence-electron chi connectivity index (χ1n) is 6.28. The standard InChI is InChI=1S/C15H17BrO2S/c1-3-12-5-6-13(19-12)9-18-15-7-4-11(16)8-14(15)10(2)17/h4-8,10,17H,3,9H2,1-2H3. The van der Waals surface area contributed by atoms with E-state index in [-0.39, 0.29) is 0 Å². The molecule has 1 atom stereocenters. The highest BCUT2D eigenvalue weighted by Crippen LogP contribution is 2.29. The van der Waals surface area contributed by atoms with Crippen LogP contribution in [0.15, 0.2) is 34.8 Å². The lowest BCUT2D eigenvalue weighted by Gasteiger charge is -2.13. The van der Waals surface area contributed by atoms with Crippen molar-refractivity contribution < 1.29 is 9.84 Å². The van der Waals surface area contributed by atoms with Crippen molar-refractivity contribution in [2.75, 3.05) is 0 Å². The second-order valence-electron chi connectivity index (χ2n) is 4.37. The number of aliphatic hydroxyl groups excluding tert-OH is 1. The molecule has 0 bridgehead atoms. The Morgan fingerprint density at radius 3 is 2.63 bits per heavy atom. The van der Waals surface area contributed by atoms with Gasteiger partial charge in [-0.15, -0.1) is 11.3 Å². The van der Waals surface area contributed by atoms with E-state index in [4.69, 9.17) is 4.74 Å². The Morgan fingerprint density at radius 2 is 2.00 bits per heavy atom. The van der Waals surface area contributed by atoms with Gasteiger partial charge in [0, 0.05) is 19.8 Å². The molecule has 0 fully saturated rings. The summed E-state index contributed by atoms with van der Waals surface area (Å²) in [7, 11) is 0. The number of hydrogen-bond acceptors (Lipinski definition) is 3. The largest absolute Gasteiger partial charge is 0.488 e. The van der Waals surface area contributed by atoms with Gasteiger partial charge in [0.25, 0.3) is 0 Å². The number of benzene rings is 1. The van der Waals surface area contributed by atoms with Gasteiger partial charge in [0.05, 0.1) is 6.10 Å². The minimum atomic E-state index is -0.540. The number of rotatable bonds is 5. The lowest BCUT2D eigenvalue weighted by atomic mass is 10.1. The maximum absolute atomic E-state index is 9.77. The number of thiophene rings is 1. The quantitative estimate of drug-likeness (QED) is 0.854.